The molecular formula is C20H30FIN4O. The van der Waals surface area contributed by atoms with Crippen LogP contribution in [0.2, 0.25) is 0 Å². The van der Waals surface area contributed by atoms with Crippen LogP contribution in [0.5, 0.6) is 0 Å². The first-order valence-corrected chi connectivity index (χ1v) is 9.44. The summed E-state index contributed by atoms with van der Waals surface area (Å²) in [6, 6.07) is 6.34. The largest absolute Gasteiger partial charge is 0.396 e. The second-order valence-corrected chi connectivity index (χ2v) is 7.00. The Hall–Kier alpha value is -1.40. The molecule has 1 aromatic rings. The van der Waals surface area contributed by atoms with Crippen molar-refractivity contribution >= 4 is 29.9 Å². The van der Waals surface area contributed by atoms with Crippen LogP contribution >= 0.6 is 24.0 Å². The third kappa shape index (κ3) is 7.26. The van der Waals surface area contributed by atoms with Gasteiger partial charge in [0, 0.05) is 25.3 Å². The molecule has 1 saturated carbocycles. The maximum absolute atomic E-state index is 13.9. The van der Waals surface area contributed by atoms with E-state index in [1.54, 1.807) is 0 Å². The zero-order valence-corrected chi connectivity index (χ0v) is 18.3. The number of aliphatic hydroxyl groups excluding tert-OH is 1. The second kappa shape index (κ2) is 12.1. The van der Waals surface area contributed by atoms with Crippen LogP contribution in [-0.2, 0) is 6.54 Å². The van der Waals surface area contributed by atoms with Crippen LogP contribution in [-0.4, -0.2) is 30.8 Å². The van der Waals surface area contributed by atoms with Crippen molar-refractivity contribution in [2.45, 2.75) is 52.0 Å². The van der Waals surface area contributed by atoms with E-state index in [2.05, 4.69) is 15.6 Å². The molecular weight excluding hydrogens is 458 g/mol. The van der Waals surface area contributed by atoms with E-state index in [1.807, 2.05) is 13.0 Å². The highest BCUT2D eigenvalue weighted by Crippen LogP contribution is 2.38. The third-order valence-electron chi connectivity index (χ3n) is 5.11. The summed E-state index contributed by atoms with van der Waals surface area (Å²) in [7, 11) is 0. The Balaban J connectivity index is 0.00000364. The van der Waals surface area contributed by atoms with Crippen molar-refractivity contribution in [1.82, 2.24) is 10.6 Å². The molecule has 1 aromatic carbocycles. The summed E-state index contributed by atoms with van der Waals surface area (Å²) < 4.78 is 13.9. The van der Waals surface area contributed by atoms with E-state index < -0.39 is 0 Å². The zero-order chi connectivity index (χ0) is 18.8. The number of nitrogens with zero attached hydrogens (tertiary/aromatic N) is 2. The lowest BCUT2D eigenvalue weighted by Gasteiger charge is -2.37. The summed E-state index contributed by atoms with van der Waals surface area (Å²) in [6.07, 6.45) is 6.66. The minimum atomic E-state index is -0.354. The molecule has 1 aliphatic carbocycles. The van der Waals surface area contributed by atoms with Gasteiger partial charge in [-0.1, -0.05) is 19.3 Å². The van der Waals surface area contributed by atoms with Crippen LogP contribution in [0, 0.1) is 22.6 Å². The molecule has 1 aliphatic rings. The van der Waals surface area contributed by atoms with E-state index in [0.717, 1.165) is 25.8 Å². The monoisotopic (exact) mass is 488 g/mol. The van der Waals surface area contributed by atoms with Crippen molar-refractivity contribution in [3.63, 3.8) is 0 Å². The van der Waals surface area contributed by atoms with Crippen molar-refractivity contribution in [2.24, 2.45) is 10.4 Å². The number of guanidine groups is 1. The molecule has 0 aromatic heterocycles. The van der Waals surface area contributed by atoms with E-state index >= 15 is 0 Å². The molecule has 3 N–H and O–H groups in total. The number of hydrogen-bond acceptors (Lipinski definition) is 3. The number of rotatable bonds is 7. The fourth-order valence-corrected chi connectivity index (χ4v) is 3.60. The number of halogens is 2. The number of benzene rings is 1. The number of hydrogen-bond donors (Lipinski definition) is 3. The van der Waals surface area contributed by atoms with Gasteiger partial charge in [0.25, 0.3) is 0 Å². The molecule has 0 unspecified atom stereocenters. The summed E-state index contributed by atoms with van der Waals surface area (Å²) in [5.41, 5.74) is 0.942. The molecule has 0 bridgehead atoms. The molecule has 0 saturated heterocycles. The predicted molar refractivity (Wildman–Crippen MR) is 117 cm³/mol. The van der Waals surface area contributed by atoms with E-state index in [-0.39, 0.29) is 48.4 Å². The highest BCUT2D eigenvalue weighted by Gasteiger charge is 2.31. The van der Waals surface area contributed by atoms with Crippen LogP contribution in [0.1, 0.15) is 56.6 Å². The van der Waals surface area contributed by atoms with Gasteiger partial charge < -0.3 is 15.7 Å². The predicted octanol–water partition coefficient (Wildman–Crippen LogP) is 3.70. The average molecular weight is 488 g/mol. The number of nitriles is 1. The Labute approximate surface area is 178 Å². The normalized spacial score (nSPS) is 16.1. The van der Waals surface area contributed by atoms with Gasteiger partial charge in [-0.3, -0.25) is 0 Å². The SMILES string of the molecule is CCNC(=NCc1cc(C#N)ccc1F)NCC1(CCO)CCCCC1.I. The average Bonchev–Trinajstić information content (AvgIpc) is 2.66. The first-order valence-electron chi connectivity index (χ1n) is 9.44. The van der Waals surface area contributed by atoms with E-state index in [1.165, 1.54) is 37.5 Å². The minimum absolute atomic E-state index is 0. The molecule has 150 valence electrons. The molecule has 0 atom stereocenters. The highest BCUT2D eigenvalue weighted by atomic mass is 127. The van der Waals surface area contributed by atoms with Gasteiger partial charge in [0.05, 0.1) is 18.2 Å². The lowest BCUT2D eigenvalue weighted by molar-refractivity contribution is 0.131. The summed E-state index contributed by atoms with van der Waals surface area (Å²) in [6.45, 7) is 3.81. The summed E-state index contributed by atoms with van der Waals surface area (Å²) in [4.78, 5) is 4.48. The topological polar surface area (TPSA) is 80.4 Å². The van der Waals surface area contributed by atoms with Crippen molar-refractivity contribution in [3.05, 3.63) is 35.1 Å². The molecule has 0 spiro atoms. The lowest BCUT2D eigenvalue weighted by Crippen LogP contribution is -2.45. The maximum Gasteiger partial charge on any atom is 0.191 e. The summed E-state index contributed by atoms with van der Waals surface area (Å²) >= 11 is 0. The van der Waals surface area contributed by atoms with E-state index in [9.17, 15) is 9.50 Å². The van der Waals surface area contributed by atoms with Crippen LogP contribution in [0.3, 0.4) is 0 Å². The lowest BCUT2D eigenvalue weighted by atomic mass is 9.72. The van der Waals surface area contributed by atoms with Gasteiger partial charge in [0.1, 0.15) is 5.82 Å². The van der Waals surface area contributed by atoms with Gasteiger partial charge in [0.2, 0.25) is 0 Å². The van der Waals surface area contributed by atoms with E-state index in [0.29, 0.717) is 23.6 Å². The molecule has 5 nitrogen and oxygen atoms in total. The zero-order valence-electron chi connectivity index (χ0n) is 15.9. The van der Waals surface area contributed by atoms with Crippen LogP contribution < -0.4 is 10.6 Å². The minimum Gasteiger partial charge on any atom is -0.396 e. The van der Waals surface area contributed by atoms with Crippen molar-refractivity contribution < 1.29 is 9.50 Å². The van der Waals surface area contributed by atoms with Gasteiger partial charge in [-0.2, -0.15) is 5.26 Å². The van der Waals surface area contributed by atoms with Crippen LogP contribution in [0.25, 0.3) is 0 Å². The molecule has 7 heteroatoms. The first-order chi connectivity index (χ1) is 12.6. The second-order valence-electron chi connectivity index (χ2n) is 7.00. The van der Waals surface area contributed by atoms with Gasteiger partial charge in [-0.15, -0.1) is 24.0 Å². The van der Waals surface area contributed by atoms with E-state index in [4.69, 9.17) is 5.26 Å². The Morgan fingerprint density at radius 3 is 2.67 bits per heavy atom. The quantitative estimate of drug-likeness (QED) is 0.311. The number of aliphatic imine (C=N–C) groups is 1. The molecule has 2 rings (SSSR count). The fraction of sp³-hybridized carbons (Fsp3) is 0.600. The third-order valence-corrected chi connectivity index (χ3v) is 5.11. The number of aliphatic hydroxyl groups is 1. The van der Waals surface area contributed by atoms with Crippen molar-refractivity contribution in [3.8, 4) is 6.07 Å². The molecule has 0 aliphatic heterocycles. The van der Waals surface area contributed by atoms with Gasteiger partial charge in [0.15, 0.2) is 5.96 Å². The van der Waals surface area contributed by atoms with Crippen molar-refractivity contribution in [2.75, 3.05) is 19.7 Å². The molecule has 27 heavy (non-hydrogen) atoms. The molecule has 0 radical (unpaired) electrons. The molecule has 0 heterocycles. The fourth-order valence-electron chi connectivity index (χ4n) is 3.60. The Morgan fingerprint density at radius 1 is 1.30 bits per heavy atom. The molecule has 1 fully saturated rings. The maximum atomic E-state index is 13.9. The van der Waals surface area contributed by atoms with Crippen LogP contribution in [0.4, 0.5) is 4.39 Å². The smallest absolute Gasteiger partial charge is 0.191 e. The summed E-state index contributed by atoms with van der Waals surface area (Å²) in [5.74, 6) is 0.282. The Bertz CT molecular complexity index is 648. The van der Waals surface area contributed by atoms with Crippen LogP contribution in [0.15, 0.2) is 23.2 Å². The highest BCUT2D eigenvalue weighted by molar-refractivity contribution is 14.0. The summed E-state index contributed by atoms with van der Waals surface area (Å²) in [5, 5.41) is 25.0. The first kappa shape index (κ1) is 23.6. The van der Waals surface area contributed by atoms with Gasteiger partial charge in [-0.05, 0) is 49.8 Å². The Morgan fingerprint density at radius 2 is 2.04 bits per heavy atom. The Kier molecular flexibility index (Phi) is 10.6. The van der Waals surface area contributed by atoms with Crippen molar-refractivity contribution in [1.29, 1.82) is 5.26 Å². The van der Waals surface area contributed by atoms with Gasteiger partial charge in [-0.25, -0.2) is 9.38 Å². The molecule has 0 amide bonds. The van der Waals surface area contributed by atoms with Gasteiger partial charge >= 0.3 is 0 Å². The number of nitrogens with one attached hydrogen (secondary N) is 2. The standard InChI is InChI=1S/C20H29FN4O.HI/c1-2-23-19(24-14-17-12-16(13-22)6-7-18(17)21)25-15-20(10-11-26)8-4-3-5-9-20;/h6-7,12,26H,2-5,8-11,14-15H2,1H3,(H2,23,24,25);1H.